The van der Waals surface area contributed by atoms with Crippen LogP contribution in [-0.4, -0.2) is 63.1 Å². The Morgan fingerprint density at radius 3 is 2.27 bits per heavy atom. The number of halogens is 1. The van der Waals surface area contributed by atoms with E-state index < -0.39 is 11.8 Å². The molecule has 30 heavy (non-hydrogen) atoms. The van der Waals surface area contributed by atoms with E-state index in [2.05, 4.69) is 20.4 Å². The minimum atomic E-state index is -0.670. The molecule has 1 heterocycles. The van der Waals surface area contributed by atoms with Crippen molar-refractivity contribution in [2.45, 2.75) is 6.42 Å². The molecule has 8 heteroatoms. The van der Waals surface area contributed by atoms with Crippen molar-refractivity contribution < 1.29 is 14.3 Å². The van der Waals surface area contributed by atoms with Crippen molar-refractivity contribution in [3.63, 3.8) is 0 Å². The van der Waals surface area contributed by atoms with Crippen LogP contribution in [0.3, 0.4) is 0 Å². The van der Waals surface area contributed by atoms with Crippen molar-refractivity contribution in [2.24, 2.45) is 0 Å². The number of carbonyl (C=O) groups is 2. The lowest BCUT2D eigenvalue weighted by atomic mass is 10.2. The first kappa shape index (κ1) is 21.9. The zero-order valence-corrected chi connectivity index (χ0v) is 17.8. The Morgan fingerprint density at radius 1 is 0.967 bits per heavy atom. The second kappa shape index (κ2) is 10.8. The first-order valence-corrected chi connectivity index (χ1v) is 10.4. The number of nitrogens with one attached hydrogen (secondary N) is 2. The van der Waals surface area contributed by atoms with Crippen LogP contribution in [0.15, 0.2) is 48.5 Å². The molecule has 2 aromatic carbocycles. The van der Waals surface area contributed by atoms with Crippen molar-refractivity contribution in [1.29, 1.82) is 0 Å². The molecule has 0 aromatic heterocycles. The molecule has 0 atom stereocenters. The summed E-state index contributed by atoms with van der Waals surface area (Å²) in [5, 5.41) is 6.00. The fourth-order valence-electron chi connectivity index (χ4n) is 3.33. The normalized spacial score (nSPS) is 14.3. The van der Waals surface area contributed by atoms with Crippen molar-refractivity contribution in [1.82, 2.24) is 10.2 Å². The number of methoxy groups -OCH3 is 1. The fourth-order valence-corrected chi connectivity index (χ4v) is 3.45. The van der Waals surface area contributed by atoms with E-state index in [1.54, 1.807) is 31.4 Å². The number of anilines is 2. The van der Waals surface area contributed by atoms with Gasteiger partial charge in [-0.15, -0.1) is 0 Å². The Kier molecular flexibility index (Phi) is 7.93. The molecule has 7 nitrogen and oxygen atoms in total. The highest BCUT2D eigenvalue weighted by Crippen LogP contribution is 2.19. The average Bonchev–Trinajstić information content (AvgIpc) is 2.78. The van der Waals surface area contributed by atoms with Gasteiger partial charge in [0.2, 0.25) is 0 Å². The van der Waals surface area contributed by atoms with Gasteiger partial charge >= 0.3 is 11.8 Å². The molecule has 0 saturated carbocycles. The molecule has 2 N–H and O–H groups in total. The maximum atomic E-state index is 12.0. The first-order valence-electron chi connectivity index (χ1n) is 10.0. The Labute approximate surface area is 181 Å². The number of benzene rings is 2. The number of carbonyl (C=O) groups excluding carboxylic acids is 2. The van der Waals surface area contributed by atoms with Gasteiger partial charge in [0.05, 0.1) is 7.11 Å². The third kappa shape index (κ3) is 6.37. The summed E-state index contributed by atoms with van der Waals surface area (Å²) in [4.78, 5) is 28.7. The molecule has 1 aliphatic heterocycles. The molecule has 0 aliphatic carbocycles. The van der Waals surface area contributed by atoms with Gasteiger partial charge in [-0.1, -0.05) is 11.6 Å². The summed E-state index contributed by atoms with van der Waals surface area (Å²) in [6.45, 7) is 5.20. The lowest BCUT2D eigenvalue weighted by molar-refractivity contribution is -0.136. The van der Waals surface area contributed by atoms with Crippen LogP contribution in [0, 0.1) is 0 Å². The molecule has 1 aliphatic rings. The topological polar surface area (TPSA) is 73.9 Å². The minimum absolute atomic E-state index is 0.465. The van der Waals surface area contributed by atoms with Gasteiger partial charge in [0.15, 0.2) is 0 Å². The second-order valence-corrected chi connectivity index (χ2v) is 7.53. The summed E-state index contributed by atoms with van der Waals surface area (Å²) in [5.74, 6) is -0.610. The molecule has 0 radical (unpaired) electrons. The summed E-state index contributed by atoms with van der Waals surface area (Å²) < 4.78 is 5.07. The van der Waals surface area contributed by atoms with Gasteiger partial charge in [-0.05, 0) is 61.5 Å². The minimum Gasteiger partial charge on any atom is -0.497 e. The fraction of sp³-hybridized carbons (Fsp3) is 0.364. The Bertz CT molecular complexity index is 834. The van der Waals surface area contributed by atoms with Crippen molar-refractivity contribution in [2.75, 3.05) is 56.6 Å². The van der Waals surface area contributed by atoms with Gasteiger partial charge in [0.25, 0.3) is 0 Å². The van der Waals surface area contributed by atoms with E-state index in [9.17, 15) is 9.59 Å². The molecule has 2 aromatic rings. The van der Waals surface area contributed by atoms with Gasteiger partial charge in [0.1, 0.15) is 5.75 Å². The van der Waals surface area contributed by atoms with Gasteiger partial charge in [-0.2, -0.15) is 0 Å². The average molecular weight is 431 g/mol. The smallest absolute Gasteiger partial charge is 0.313 e. The molecule has 0 unspecified atom stereocenters. The molecular formula is C22H27ClN4O3. The molecule has 1 fully saturated rings. The molecule has 160 valence electrons. The molecule has 0 bridgehead atoms. The lowest BCUT2D eigenvalue weighted by Gasteiger charge is -2.36. The highest BCUT2D eigenvalue weighted by atomic mass is 35.5. The van der Waals surface area contributed by atoms with Gasteiger partial charge < -0.3 is 20.3 Å². The van der Waals surface area contributed by atoms with Gasteiger partial charge in [-0.3, -0.25) is 14.5 Å². The van der Waals surface area contributed by atoms with Crippen LogP contribution in [-0.2, 0) is 9.59 Å². The zero-order chi connectivity index (χ0) is 21.3. The van der Waals surface area contributed by atoms with E-state index in [1.807, 2.05) is 24.3 Å². The molecule has 3 rings (SSSR count). The van der Waals surface area contributed by atoms with Crippen LogP contribution in [0.1, 0.15) is 6.42 Å². The third-order valence-corrected chi connectivity index (χ3v) is 5.31. The maximum absolute atomic E-state index is 12.0. The van der Waals surface area contributed by atoms with E-state index in [4.69, 9.17) is 16.3 Å². The number of piperazine rings is 1. The van der Waals surface area contributed by atoms with Crippen molar-refractivity contribution >= 4 is 34.8 Å². The highest BCUT2D eigenvalue weighted by molar-refractivity contribution is 6.39. The number of amides is 2. The van der Waals surface area contributed by atoms with Crippen LogP contribution in [0.4, 0.5) is 11.4 Å². The summed E-state index contributed by atoms with van der Waals surface area (Å²) in [6, 6.07) is 14.7. The van der Waals surface area contributed by atoms with Crippen molar-refractivity contribution in [3.8, 4) is 5.75 Å². The number of ether oxygens (including phenoxy) is 1. The Balaban J connectivity index is 1.31. The van der Waals surface area contributed by atoms with E-state index in [0.717, 1.165) is 44.2 Å². The summed E-state index contributed by atoms with van der Waals surface area (Å²) >= 11 is 5.95. The van der Waals surface area contributed by atoms with Gasteiger partial charge in [-0.25, -0.2) is 0 Å². The van der Waals surface area contributed by atoms with Crippen molar-refractivity contribution in [3.05, 3.63) is 53.6 Å². The Morgan fingerprint density at radius 2 is 1.63 bits per heavy atom. The molecule has 0 spiro atoms. The summed E-state index contributed by atoms with van der Waals surface area (Å²) in [7, 11) is 1.57. The lowest BCUT2D eigenvalue weighted by Crippen LogP contribution is -2.47. The highest BCUT2D eigenvalue weighted by Gasteiger charge is 2.17. The van der Waals surface area contributed by atoms with Gasteiger partial charge in [0, 0.05) is 49.1 Å². The third-order valence-electron chi connectivity index (χ3n) is 5.05. The number of hydrogen-bond donors (Lipinski definition) is 2. The first-order chi connectivity index (χ1) is 14.5. The van der Waals surface area contributed by atoms with E-state index in [0.29, 0.717) is 18.0 Å². The van der Waals surface area contributed by atoms with E-state index in [-0.39, 0.29) is 0 Å². The summed E-state index contributed by atoms with van der Waals surface area (Å²) in [6.07, 6.45) is 0.794. The van der Waals surface area contributed by atoms with Crippen LogP contribution in [0.25, 0.3) is 0 Å². The number of rotatable bonds is 7. The largest absolute Gasteiger partial charge is 0.497 e. The van der Waals surface area contributed by atoms with Crippen LogP contribution in [0.5, 0.6) is 5.75 Å². The van der Waals surface area contributed by atoms with Crippen LogP contribution in [0.2, 0.25) is 5.02 Å². The molecule has 1 saturated heterocycles. The monoisotopic (exact) mass is 430 g/mol. The van der Waals surface area contributed by atoms with Crippen LogP contribution >= 0.6 is 11.6 Å². The Hall–Kier alpha value is -2.77. The maximum Gasteiger partial charge on any atom is 0.313 e. The number of nitrogens with zero attached hydrogens (tertiary/aromatic N) is 2. The zero-order valence-electron chi connectivity index (χ0n) is 17.1. The predicted octanol–water partition coefficient (Wildman–Crippen LogP) is 2.62. The quantitative estimate of drug-likeness (QED) is 0.521. The summed E-state index contributed by atoms with van der Waals surface area (Å²) in [5.41, 5.74) is 1.74. The second-order valence-electron chi connectivity index (χ2n) is 7.10. The SMILES string of the molecule is COc1ccc(NC(=O)C(=O)NCCCN2CCN(c3ccc(Cl)cc3)CC2)cc1. The predicted molar refractivity (Wildman–Crippen MR) is 119 cm³/mol. The standard InChI is InChI=1S/C22H27ClN4O3/c1-30-20-9-5-18(6-10-20)25-22(29)21(28)24-11-2-12-26-13-15-27(16-14-26)19-7-3-17(23)4-8-19/h3-10H,2,11-16H2,1H3,(H,24,28)(H,25,29). The van der Waals surface area contributed by atoms with E-state index in [1.165, 1.54) is 5.69 Å². The molecular weight excluding hydrogens is 404 g/mol. The number of hydrogen-bond acceptors (Lipinski definition) is 5. The van der Waals surface area contributed by atoms with Crippen LogP contribution < -0.4 is 20.3 Å². The van der Waals surface area contributed by atoms with E-state index >= 15 is 0 Å². The molecule has 2 amide bonds.